The molecule has 0 aromatic heterocycles. The molecule has 0 saturated carbocycles. The molecule has 0 spiro atoms. The largest absolute Gasteiger partial charge is 0.155 e. The third kappa shape index (κ3) is 1.95. The Balaban J connectivity index is 1.87. The molecule has 2 aliphatic rings. The number of hydrogen-bond donors (Lipinski definition) is 0. The smallest absolute Gasteiger partial charge is 0.00528 e. The minimum absolute atomic E-state index is 1.04. The van der Waals surface area contributed by atoms with Gasteiger partial charge in [0.15, 0.2) is 0 Å². The summed E-state index contributed by atoms with van der Waals surface area (Å²) in [5.74, 6) is 1.05. The van der Waals surface area contributed by atoms with Crippen molar-refractivity contribution in [2.45, 2.75) is 42.6 Å². The summed E-state index contributed by atoms with van der Waals surface area (Å²) in [6.07, 6.45) is 7.44. The molecule has 0 nitrogen and oxygen atoms in total. The number of rotatable bonds is 2. The van der Waals surface area contributed by atoms with E-state index in [-0.39, 0.29) is 0 Å². The van der Waals surface area contributed by atoms with Gasteiger partial charge in [-0.05, 0) is 38.0 Å². The summed E-state index contributed by atoms with van der Waals surface area (Å²) in [4.78, 5) is 0. The van der Waals surface area contributed by atoms with Crippen molar-refractivity contribution >= 4 is 27.7 Å². The molecule has 0 aromatic rings. The van der Waals surface area contributed by atoms with E-state index < -0.39 is 0 Å². The van der Waals surface area contributed by atoms with E-state index in [1.165, 1.54) is 37.4 Å². The van der Waals surface area contributed by atoms with E-state index in [2.05, 4.69) is 27.7 Å². The second-order valence-corrected chi connectivity index (χ2v) is 6.17. The van der Waals surface area contributed by atoms with Crippen molar-refractivity contribution in [2.75, 3.05) is 5.33 Å². The molecule has 2 atom stereocenters. The number of fused-ring (bicyclic) bond motifs is 2. The topological polar surface area (TPSA) is 0 Å². The highest BCUT2D eigenvalue weighted by Gasteiger charge is 2.33. The van der Waals surface area contributed by atoms with Gasteiger partial charge in [-0.25, -0.2) is 0 Å². The molecule has 2 aliphatic heterocycles. The predicted molar refractivity (Wildman–Crippen MR) is 55.5 cm³/mol. The Bertz CT molecular complexity index is 126. The predicted octanol–water partition coefficient (Wildman–Crippen LogP) is 3.45. The highest BCUT2D eigenvalue weighted by molar-refractivity contribution is 9.09. The Morgan fingerprint density at radius 1 is 1.18 bits per heavy atom. The van der Waals surface area contributed by atoms with Crippen molar-refractivity contribution in [3.63, 3.8) is 0 Å². The summed E-state index contributed by atoms with van der Waals surface area (Å²) < 4.78 is 0. The number of thioether (sulfide) groups is 1. The summed E-state index contributed by atoms with van der Waals surface area (Å²) in [6, 6.07) is 0. The van der Waals surface area contributed by atoms with Crippen molar-refractivity contribution < 1.29 is 0 Å². The first-order valence-electron chi connectivity index (χ1n) is 4.60. The van der Waals surface area contributed by atoms with Gasteiger partial charge in [-0.2, -0.15) is 11.8 Å². The molecule has 2 saturated heterocycles. The molecule has 0 amide bonds. The molecule has 64 valence electrons. The third-order valence-corrected chi connectivity index (χ3v) is 4.99. The first kappa shape index (κ1) is 8.43. The summed E-state index contributed by atoms with van der Waals surface area (Å²) in [7, 11) is 0. The molecule has 2 bridgehead atoms. The Hall–Kier alpha value is 0.830. The summed E-state index contributed by atoms with van der Waals surface area (Å²) in [5.41, 5.74) is 0. The van der Waals surface area contributed by atoms with E-state index in [0.717, 1.165) is 16.4 Å². The van der Waals surface area contributed by atoms with Gasteiger partial charge in [0.05, 0.1) is 0 Å². The van der Waals surface area contributed by atoms with E-state index in [4.69, 9.17) is 0 Å². The van der Waals surface area contributed by atoms with Crippen molar-refractivity contribution in [2.24, 2.45) is 5.92 Å². The van der Waals surface area contributed by atoms with Gasteiger partial charge in [0, 0.05) is 15.8 Å². The molecule has 0 N–H and O–H groups in total. The van der Waals surface area contributed by atoms with E-state index in [1.54, 1.807) is 0 Å². The fraction of sp³-hybridized carbons (Fsp3) is 1.00. The van der Waals surface area contributed by atoms with Crippen LogP contribution < -0.4 is 0 Å². The quantitative estimate of drug-likeness (QED) is 0.660. The van der Waals surface area contributed by atoms with Crippen LogP contribution in [0.4, 0.5) is 0 Å². The lowest BCUT2D eigenvalue weighted by Crippen LogP contribution is -2.17. The van der Waals surface area contributed by atoms with Gasteiger partial charge in [-0.1, -0.05) is 15.9 Å². The van der Waals surface area contributed by atoms with Gasteiger partial charge in [0.1, 0.15) is 0 Å². The van der Waals surface area contributed by atoms with Crippen LogP contribution in [0.25, 0.3) is 0 Å². The van der Waals surface area contributed by atoms with Crippen LogP contribution in [0.3, 0.4) is 0 Å². The highest BCUT2D eigenvalue weighted by Crippen LogP contribution is 2.46. The third-order valence-electron chi connectivity index (χ3n) is 2.91. The second kappa shape index (κ2) is 3.69. The van der Waals surface area contributed by atoms with E-state index >= 15 is 0 Å². The van der Waals surface area contributed by atoms with Crippen molar-refractivity contribution in [3.05, 3.63) is 0 Å². The molecule has 2 unspecified atom stereocenters. The molecule has 2 heterocycles. The fourth-order valence-electron chi connectivity index (χ4n) is 2.36. The number of alkyl halides is 1. The normalized spacial score (nSPS) is 42.8. The number of halogens is 1. The monoisotopic (exact) mass is 234 g/mol. The Labute approximate surface area is 81.6 Å². The Kier molecular flexibility index (Phi) is 2.83. The van der Waals surface area contributed by atoms with Crippen LogP contribution in [0.2, 0.25) is 0 Å². The van der Waals surface area contributed by atoms with Crippen LogP contribution in [0.5, 0.6) is 0 Å². The van der Waals surface area contributed by atoms with Crippen LogP contribution in [-0.4, -0.2) is 15.8 Å². The van der Waals surface area contributed by atoms with Crippen LogP contribution >= 0.6 is 27.7 Å². The summed E-state index contributed by atoms with van der Waals surface area (Å²) in [6.45, 7) is 0. The zero-order chi connectivity index (χ0) is 7.68. The summed E-state index contributed by atoms with van der Waals surface area (Å²) >= 11 is 5.80. The molecular formula is C9H15BrS. The molecule has 11 heavy (non-hydrogen) atoms. The first-order valence-corrected chi connectivity index (χ1v) is 6.66. The average Bonchev–Trinajstić information content (AvgIpc) is 2.32. The lowest BCUT2D eigenvalue weighted by atomic mass is 9.97. The minimum Gasteiger partial charge on any atom is -0.155 e. The molecule has 0 radical (unpaired) electrons. The molecular weight excluding hydrogens is 220 g/mol. The van der Waals surface area contributed by atoms with E-state index in [0.29, 0.717) is 0 Å². The first-order chi connectivity index (χ1) is 5.38. The highest BCUT2D eigenvalue weighted by atomic mass is 79.9. The molecule has 2 fully saturated rings. The average molecular weight is 235 g/mol. The van der Waals surface area contributed by atoms with Crippen molar-refractivity contribution in [3.8, 4) is 0 Å². The van der Waals surface area contributed by atoms with Crippen molar-refractivity contribution in [1.29, 1.82) is 0 Å². The zero-order valence-corrected chi connectivity index (χ0v) is 9.16. The van der Waals surface area contributed by atoms with Crippen LogP contribution in [0.1, 0.15) is 32.1 Å². The maximum absolute atomic E-state index is 3.54. The van der Waals surface area contributed by atoms with Crippen LogP contribution in [0, 0.1) is 5.92 Å². The second-order valence-electron chi connectivity index (χ2n) is 3.77. The molecule has 2 rings (SSSR count). The standard InChI is InChI=1S/C9H15BrS/c10-4-3-7-5-8-1-2-9(6-7)11-8/h7-9H,1-6H2. The molecule has 0 aromatic carbocycles. The number of hydrogen-bond acceptors (Lipinski definition) is 1. The molecule has 2 heteroatoms. The maximum Gasteiger partial charge on any atom is 0.00528 e. The SMILES string of the molecule is BrCCC1CC2CCC(C1)S2. The van der Waals surface area contributed by atoms with Gasteiger partial charge >= 0.3 is 0 Å². The van der Waals surface area contributed by atoms with E-state index in [9.17, 15) is 0 Å². The van der Waals surface area contributed by atoms with Crippen LogP contribution in [0.15, 0.2) is 0 Å². The van der Waals surface area contributed by atoms with Gasteiger partial charge in [0.25, 0.3) is 0 Å². The lowest BCUT2D eigenvalue weighted by Gasteiger charge is -2.26. The van der Waals surface area contributed by atoms with E-state index in [1.807, 2.05) is 0 Å². The fourth-order valence-corrected chi connectivity index (χ4v) is 4.86. The summed E-state index contributed by atoms with van der Waals surface area (Å²) in [5, 5.41) is 3.29. The molecule has 0 aliphatic carbocycles. The lowest BCUT2D eigenvalue weighted by molar-refractivity contribution is 0.445. The Morgan fingerprint density at radius 3 is 2.36 bits per heavy atom. The van der Waals surface area contributed by atoms with Gasteiger partial charge < -0.3 is 0 Å². The van der Waals surface area contributed by atoms with Gasteiger partial charge in [-0.3, -0.25) is 0 Å². The Morgan fingerprint density at radius 2 is 1.82 bits per heavy atom. The van der Waals surface area contributed by atoms with Gasteiger partial charge in [0.2, 0.25) is 0 Å². The maximum atomic E-state index is 3.54. The zero-order valence-electron chi connectivity index (χ0n) is 6.76. The van der Waals surface area contributed by atoms with Crippen molar-refractivity contribution in [1.82, 2.24) is 0 Å². The van der Waals surface area contributed by atoms with Crippen LogP contribution in [-0.2, 0) is 0 Å². The van der Waals surface area contributed by atoms with Gasteiger partial charge in [-0.15, -0.1) is 0 Å². The minimum atomic E-state index is 1.04.